The Morgan fingerprint density at radius 2 is 1.73 bits per heavy atom. The predicted octanol–water partition coefficient (Wildman–Crippen LogP) is 2.25. The van der Waals surface area contributed by atoms with E-state index < -0.39 is 0 Å². The number of amidine groups is 1. The van der Waals surface area contributed by atoms with E-state index in [2.05, 4.69) is 11.8 Å². The smallest absolute Gasteiger partial charge is 0.0954 e. The third kappa shape index (κ3) is 2.52. The van der Waals surface area contributed by atoms with Gasteiger partial charge in [0, 0.05) is 19.5 Å². The third-order valence-corrected chi connectivity index (χ3v) is 2.32. The average Bonchev–Trinajstić information content (AvgIpc) is 2.30. The van der Waals surface area contributed by atoms with Crippen LogP contribution in [-0.4, -0.2) is 23.8 Å². The molecule has 1 heterocycles. The maximum Gasteiger partial charge on any atom is 0.0954 e. The van der Waals surface area contributed by atoms with Crippen molar-refractivity contribution in [3.63, 3.8) is 0 Å². The molecule has 0 aromatic heterocycles. The van der Waals surface area contributed by atoms with E-state index in [1.54, 1.807) is 0 Å². The van der Waals surface area contributed by atoms with Crippen molar-refractivity contribution < 1.29 is 0 Å². The maximum absolute atomic E-state index is 7.66. The fourth-order valence-electron chi connectivity index (χ4n) is 1.56. The fourth-order valence-corrected chi connectivity index (χ4v) is 1.56. The standard InChI is InChI=1S/C9H18N2/c1-2-9(10)11-7-5-3-4-6-8-11/h10H,2-8H2,1H3. The van der Waals surface area contributed by atoms with Crippen LogP contribution in [0, 0.1) is 5.41 Å². The lowest BCUT2D eigenvalue weighted by Crippen LogP contribution is -2.30. The minimum absolute atomic E-state index is 0.826. The van der Waals surface area contributed by atoms with Crippen molar-refractivity contribution in [1.82, 2.24) is 4.90 Å². The summed E-state index contributed by atoms with van der Waals surface area (Å²) in [5.41, 5.74) is 0. The van der Waals surface area contributed by atoms with E-state index in [-0.39, 0.29) is 0 Å². The maximum atomic E-state index is 7.66. The van der Waals surface area contributed by atoms with Crippen LogP contribution in [0.1, 0.15) is 39.0 Å². The van der Waals surface area contributed by atoms with Crippen molar-refractivity contribution >= 4 is 5.84 Å². The van der Waals surface area contributed by atoms with Crippen LogP contribution >= 0.6 is 0 Å². The summed E-state index contributed by atoms with van der Waals surface area (Å²) in [6, 6.07) is 0. The van der Waals surface area contributed by atoms with Gasteiger partial charge in [-0.15, -0.1) is 0 Å². The van der Waals surface area contributed by atoms with E-state index >= 15 is 0 Å². The number of hydrogen-bond donors (Lipinski definition) is 1. The first-order chi connectivity index (χ1) is 5.34. The normalized spacial score (nSPS) is 19.5. The van der Waals surface area contributed by atoms with Gasteiger partial charge in [0.05, 0.1) is 5.84 Å². The molecular weight excluding hydrogens is 136 g/mol. The molecule has 0 aliphatic carbocycles. The van der Waals surface area contributed by atoms with Crippen LogP contribution < -0.4 is 0 Å². The molecule has 2 heteroatoms. The largest absolute Gasteiger partial charge is 0.361 e. The number of hydrogen-bond acceptors (Lipinski definition) is 1. The van der Waals surface area contributed by atoms with Gasteiger partial charge in [-0.2, -0.15) is 0 Å². The van der Waals surface area contributed by atoms with Crippen molar-refractivity contribution in [2.24, 2.45) is 0 Å². The average molecular weight is 154 g/mol. The Labute approximate surface area is 69.1 Å². The highest BCUT2D eigenvalue weighted by molar-refractivity contribution is 5.78. The molecule has 1 aliphatic heterocycles. The van der Waals surface area contributed by atoms with Gasteiger partial charge < -0.3 is 4.90 Å². The number of rotatable bonds is 1. The van der Waals surface area contributed by atoms with Crippen LogP contribution in [0.5, 0.6) is 0 Å². The molecule has 64 valence electrons. The molecule has 0 radical (unpaired) electrons. The number of nitrogens with one attached hydrogen (secondary N) is 1. The summed E-state index contributed by atoms with van der Waals surface area (Å²) in [4.78, 5) is 2.23. The zero-order valence-corrected chi connectivity index (χ0v) is 7.40. The Balaban J connectivity index is 2.36. The number of nitrogens with zero attached hydrogens (tertiary/aromatic N) is 1. The summed E-state index contributed by atoms with van der Waals surface area (Å²) in [7, 11) is 0. The van der Waals surface area contributed by atoms with Gasteiger partial charge in [-0.3, -0.25) is 5.41 Å². The van der Waals surface area contributed by atoms with Gasteiger partial charge in [0.15, 0.2) is 0 Å². The van der Waals surface area contributed by atoms with Crippen molar-refractivity contribution in [3.05, 3.63) is 0 Å². The molecule has 0 amide bonds. The van der Waals surface area contributed by atoms with Gasteiger partial charge in [0.2, 0.25) is 0 Å². The van der Waals surface area contributed by atoms with Crippen LogP contribution in [0.2, 0.25) is 0 Å². The van der Waals surface area contributed by atoms with Gasteiger partial charge in [-0.25, -0.2) is 0 Å². The molecule has 0 atom stereocenters. The van der Waals surface area contributed by atoms with Crippen molar-refractivity contribution in [1.29, 1.82) is 5.41 Å². The summed E-state index contributed by atoms with van der Waals surface area (Å²) in [6.45, 7) is 4.30. The predicted molar refractivity (Wildman–Crippen MR) is 48.1 cm³/mol. The first-order valence-corrected chi connectivity index (χ1v) is 4.67. The molecule has 1 rings (SSSR count). The van der Waals surface area contributed by atoms with E-state index in [0.29, 0.717) is 0 Å². The number of likely N-dealkylation sites (tertiary alicyclic amines) is 1. The first kappa shape index (κ1) is 8.57. The molecule has 2 nitrogen and oxygen atoms in total. The van der Waals surface area contributed by atoms with E-state index in [0.717, 1.165) is 25.3 Å². The molecule has 0 unspecified atom stereocenters. The highest BCUT2D eigenvalue weighted by Crippen LogP contribution is 2.10. The Hall–Kier alpha value is -0.530. The van der Waals surface area contributed by atoms with Crippen LogP contribution in [0.4, 0.5) is 0 Å². The topological polar surface area (TPSA) is 27.1 Å². The second kappa shape index (κ2) is 4.37. The minimum atomic E-state index is 0.826. The molecule has 0 aromatic carbocycles. The van der Waals surface area contributed by atoms with Gasteiger partial charge in [0.1, 0.15) is 0 Å². The van der Waals surface area contributed by atoms with E-state index in [4.69, 9.17) is 5.41 Å². The van der Waals surface area contributed by atoms with Crippen molar-refractivity contribution in [3.8, 4) is 0 Å². The molecule has 0 saturated carbocycles. The Bertz CT molecular complexity index is 124. The first-order valence-electron chi connectivity index (χ1n) is 4.67. The SMILES string of the molecule is CCC(=N)N1CCCCCC1. The fraction of sp³-hybridized carbons (Fsp3) is 0.889. The highest BCUT2D eigenvalue weighted by Gasteiger charge is 2.09. The van der Waals surface area contributed by atoms with Gasteiger partial charge in [0.25, 0.3) is 0 Å². The highest BCUT2D eigenvalue weighted by atomic mass is 15.2. The third-order valence-electron chi connectivity index (χ3n) is 2.32. The van der Waals surface area contributed by atoms with E-state index in [9.17, 15) is 0 Å². The Morgan fingerprint density at radius 3 is 2.18 bits per heavy atom. The van der Waals surface area contributed by atoms with Gasteiger partial charge >= 0.3 is 0 Å². The summed E-state index contributed by atoms with van der Waals surface area (Å²) >= 11 is 0. The Kier molecular flexibility index (Phi) is 3.40. The molecule has 1 fully saturated rings. The van der Waals surface area contributed by atoms with Crippen LogP contribution in [0.3, 0.4) is 0 Å². The van der Waals surface area contributed by atoms with Crippen LogP contribution in [-0.2, 0) is 0 Å². The van der Waals surface area contributed by atoms with E-state index in [1.165, 1.54) is 25.7 Å². The summed E-state index contributed by atoms with van der Waals surface area (Å²) in [5, 5.41) is 7.66. The van der Waals surface area contributed by atoms with Crippen molar-refractivity contribution in [2.45, 2.75) is 39.0 Å². The minimum Gasteiger partial charge on any atom is -0.361 e. The molecule has 11 heavy (non-hydrogen) atoms. The molecule has 1 aliphatic rings. The van der Waals surface area contributed by atoms with Gasteiger partial charge in [-0.1, -0.05) is 19.8 Å². The zero-order chi connectivity index (χ0) is 8.10. The summed E-state index contributed by atoms with van der Waals surface area (Å²) in [6.07, 6.45) is 6.16. The van der Waals surface area contributed by atoms with E-state index in [1.807, 2.05) is 0 Å². The molecule has 1 N–H and O–H groups in total. The van der Waals surface area contributed by atoms with Crippen molar-refractivity contribution in [2.75, 3.05) is 13.1 Å². The molecule has 0 aromatic rings. The monoisotopic (exact) mass is 154 g/mol. The summed E-state index contributed by atoms with van der Waals surface area (Å²) < 4.78 is 0. The lowest BCUT2D eigenvalue weighted by Gasteiger charge is -2.21. The molecule has 0 bridgehead atoms. The molecular formula is C9H18N2. The second-order valence-corrected chi connectivity index (χ2v) is 3.20. The second-order valence-electron chi connectivity index (χ2n) is 3.20. The lowest BCUT2D eigenvalue weighted by atomic mass is 10.2. The quantitative estimate of drug-likeness (QED) is 0.455. The van der Waals surface area contributed by atoms with Crippen LogP contribution in [0.15, 0.2) is 0 Å². The summed E-state index contributed by atoms with van der Waals surface area (Å²) in [5.74, 6) is 0.826. The van der Waals surface area contributed by atoms with Gasteiger partial charge in [-0.05, 0) is 12.8 Å². The molecule has 1 saturated heterocycles. The molecule has 0 spiro atoms. The lowest BCUT2D eigenvalue weighted by molar-refractivity contribution is 0.424. The Morgan fingerprint density at radius 1 is 1.18 bits per heavy atom. The zero-order valence-electron chi connectivity index (χ0n) is 7.40. The van der Waals surface area contributed by atoms with Crippen LogP contribution in [0.25, 0.3) is 0 Å².